The number of hydrogen-bond acceptors (Lipinski definition) is 4. The summed E-state index contributed by atoms with van der Waals surface area (Å²) in [5.41, 5.74) is 1.80. The van der Waals surface area contributed by atoms with Crippen LogP contribution in [0, 0.1) is 0 Å². The van der Waals surface area contributed by atoms with E-state index in [0.29, 0.717) is 6.54 Å². The van der Waals surface area contributed by atoms with Gasteiger partial charge in [0.1, 0.15) is 0 Å². The van der Waals surface area contributed by atoms with Crippen molar-refractivity contribution in [3.8, 4) is 0 Å². The molecular formula is C11H18N4O4. The van der Waals surface area contributed by atoms with Crippen molar-refractivity contribution < 1.29 is 19.8 Å². The molecule has 0 saturated heterocycles. The van der Waals surface area contributed by atoms with E-state index in [4.69, 9.17) is 10.2 Å². The van der Waals surface area contributed by atoms with Gasteiger partial charge in [-0.1, -0.05) is 6.92 Å². The van der Waals surface area contributed by atoms with Gasteiger partial charge in [-0.3, -0.25) is 4.68 Å². The van der Waals surface area contributed by atoms with Crippen molar-refractivity contribution in [2.75, 3.05) is 6.54 Å². The molecule has 1 rings (SSSR count). The van der Waals surface area contributed by atoms with Gasteiger partial charge in [0.15, 0.2) is 6.10 Å². The molecule has 0 aliphatic carbocycles. The molecule has 0 spiro atoms. The van der Waals surface area contributed by atoms with E-state index in [2.05, 4.69) is 15.7 Å². The van der Waals surface area contributed by atoms with Crippen molar-refractivity contribution in [3.05, 3.63) is 17.5 Å². The molecule has 0 bridgehead atoms. The van der Waals surface area contributed by atoms with Gasteiger partial charge in [0.2, 0.25) is 0 Å². The van der Waals surface area contributed by atoms with E-state index in [1.54, 1.807) is 11.7 Å². The number of aliphatic hydroxyl groups is 1. The molecule has 0 saturated carbocycles. The van der Waals surface area contributed by atoms with Gasteiger partial charge < -0.3 is 20.8 Å². The van der Waals surface area contributed by atoms with E-state index in [9.17, 15) is 9.59 Å². The van der Waals surface area contributed by atoms with E-state index >= 15 is 0 Å². The van der Waals surface area contributed by atoms with E-state index in [1.807, 2.05) is 13.1 Å². The van der Waals surface area contributed by atoms with Gasteiger partial charge in [-0.15, -0.1) is 0 Å². The van der Waals surface area contributed by atoms with Crippen LogP contribution in [-0.2, 0) is 24.8 Å². The van der Waals surface area contributed by atoms with E-state index < -0.39 is 18.1 Å². The lowest BCUT2D eigenvalue weighted by Gasteiger charge is -2.09. The lowest BCUT2D eigenvalue weighted by atomic mass is 10.2. The van der Waals surface area contributed by atoms with E-state index in [1.165, 1.54) is 0 Å². The molecule has 1 aromatic heterocycles. The van der Waals surface area contributed by atoms with Crippen LogP contribution < -0.4 is 10.6 Å². The van der Waals surface area contributed by atoms with Crippen LogP contribution in [-0.4, -0.2) is 44.6 Å². The number of rotatable bonds is 6. The van der Waals surface area contributed by atoms with Crippen molar-refractivity contribution >= 4 is 12.0 Å². The van der Waals surface area contributed by atoms with Gasteiger partial charge in [-0.05, 0) is 6.42 Å². The maximum absolute atomic E-state index is 11.4. The summed E-state index contributed by atoms with van der Waals surface area (Å²) in [5.74, 6) is -1.37. The molecule has 1 aromatic rings. The second-order valence-corrected chi connectivity index (χ2v) is 4.05. The molecule has 0 aliphatic heterocycles. The Balaban J connectivity index is 2.39. The minimum absolute atomic E-state index is 0.298. The first-order valence-corrected chi connectivity index (χ1v) is 5.88. The maximum atomic E-state index is 11.4. The van der Waals surface area contributed by atoms with Crippen molar-refractivity contribution in [1.29, 1.82) is 0 Å². The largest absolute Gasteiger partial charge is 0.479 e. The van der Waals surface area contributed by atoms with Crippen molar-refractivity contribution in [3.63, 3.8) is 0 Å². The highest BCUT2D eigenvalue weighted by Crippen LogP contribution is 2.06. The van der Waals surface area contributed by atoms with Crippen molar-refractivity contribution in [2.24, 2.45) is 7.05 Å². The van der Waals surface area contributed by atoms with Crippen LogP contribution in [0.5, 0.6) is 0 Å². The summed E-state index contributed by atoms with van der Waals surface area (Å²) in [6.45, 7) is 1.93. The number of carboxylic acids is 1. The maximum Gasteiger partial charge on any atom is 0.334 e. The number of aromatic nitrogens is 2. The zero-order valence-electron chi connectivity index (χ0n) is 10.9. The quantitative estimate of drug-likeness (QED) is 0.541. The molecule has 4 N–H and O–H groups in total. The molecule has 0 radical (unpaired) electrons. The highest BCUT2D eigenvalue weighted by Gasteiger charge is 2.14. The van der Waals surface area contributed by atoms with Crippen LogP contribution in [0.3, 0.4) is 0 Å². The number of carbonyl (C=O) groups excluding carboxylic acids is 1. The van der Waals surface area contributed by atoms with Crippen LogP contribution >= 0.6 is 0 Å². The fourth-order valence-electron chi connectivity index (χ4n) is 1.54. The van der Waals surface area contributed by atoms with Gasteiger partial charge in [-0.2, -0.15) is 5.10 Å². The highest BCUT2D eigenvalue weighted by atomic mass is 16.4. The molecule has 0 aliphatic rings. The molecule has 8 heteroatoms. The summed E-state index contributed by atoms with van der Waals surface area (Å²) >= 11 is 0. The Labute approximate surface area is 110 Å². The number of urea groups is 1. The Morgan fingerprint density at radius 3 is 2.74 bits per heavy atom. The molecule has 8 nitrogen and oxygen atoms in total. The molecule has 0 unspecified atom stereocenters. The fourth-order valence-corrected chi connectivity index (χ4v) is 1.54. The summed E-state index contributed by atoms with van der Waals surface area (Å²) in [6, 6.07) is -0.536. The molecule has 106 valence electrons. The lowest BCUT2D eigenvalue weighted by molar-refractivity contribution is -0.146. The van der Waals surface area contributed by atoms with Crippen molar-refractivity contribution in [1.82, 2.24) is 20.4 Å². The van der Waals surface area contributed by atoms with Crippen LogP contribution in [0.25, 0.3) is 0 Å². The monoisotopic (exact) mass is 270 g/mol. The number of nitrogens with one attached hydrogen (secondary N) is 2. The summed E-state index contributed by atoms with van der Waals surface area (Å²) in [6.07, 6.45) is 0.970. The first-order chi connectivity index (χ1) is 8.93. The van der Waals surface area contributed by atoms with Crippen LogP contribution in [0.15, 0.2) is 6.20 Å². The normalized spacial score (nSPS) is 11.9. The van der Waals surface area contributed by atoms with Gasteiger partial charge in [0.25, 0.3) is 0 Å². The molecule has 2 amide bonds. The summed E-state index contributed by atoms with van der Waals surface area (Å²) in [5, 5.41) is 26.5. The molecule has 1 heterocycles. The third-order valence-corrected chi connectivity index (χ3v) is 2.51. The van der Waals surface area contributed by atoms with E-state index in [-0.39, 0.29) is 6.54 Å². The summed E-state index contributed by atoms with van der Waals surface area (Å²) < 4.78 is 1.67. The second-order valence-electron chi connectivity index (χ2n) is 4.05. The predicted octanol–water partition coefficient (Wildman–Crippen LogP) is -0.773. The third-order valence-electron chi connectivity index (χ3n) is 2.51. The Hall–Kier alpha value is -2.09. The summed E-state index contributed by atoms with van der Waals surface area (Å²) in [7, 11) is 1.80. The fraction of sp³-hybridized carbons (Fsp3) is 0.545. The molecule has 0 fully saturated rings. The molecule has 19 heavy (non-hydrogen) atoms. The molecular weight excluding hydrogens is 252 g/mol. The minimum atomic E-state index is -1.60. The summed E-state index contributed by atoms with van der Waals surface area (Å²) in [4.78, 5) is 21.7. The van der Waals surface area contributed by atoms with E-state index in [0.717, 1.165) is 17.7 Å². The zero-order chi connectivity index (χ0) is 14.4. The zero-order valence-corrected chi connectivity index (χ0v) is 10.9. The minimum Gasteiger partial charge on any atom is -0.479 e. The lowest BCUT2D eigenvalue weighted by Crippen LogP contribution is -2.41. The van der Waals surface area contributed by atoms with Crippen LogP contribution in [0.2, 0.25) is 0 Å². The number of carboxylic acid groups (broad SMARTS) is 1. The Morgan fingerprint density at radius 1 is 1.47 bits per heavy atom. The van der Waals surface area contributed by atoms with Gasteiger partial charge in [0.05, 0.1) is 12.2 Å². The Kier molecular flexibility index (Phi) is 5.31. The number of aryl methyl sites for hydroxylation is 2. The number of nitrogens with zero attached hydrogens (tertiary/aromatic N) is 2. The van der Waals surface area contributed by atoms with Gasteiger partial charge in [-0.25, -0.2) is 9.59 Å². The number of amides is 2. The number of aliphatic carboxylic acids is 1. The predicted molar refractivity (Wildman–Crippen MR) is 66.5 cm³/mol. The smallest absolute Gasteiger partial charge is 0.334 e. The number of aliphatic hydroxyl groups excluding tert-OH is 1. The second kappa shape index (κ2) is 6.74. The highest BCUT2D eigenvalue weighted by molar-refractivity contribution is 5.76. The molecule has 1 atom stereocenters. The van der Waals surface area contributed by atoms with Crippen LogP contribution in [0.4, 0.5) is 4.79 Å². The number of hydrogen-bond donors (Lipinski definition) is 4. The van der Waals surface area contributed by atoms with Crippen LogP contribution in [0.1, 0.15) is 18.2 Å². The van der Waals surface area contributed by atoms with Crippen molar-refractivity contribution in [2.45, 2.75) is 26.0 Å². The van der Waals surface area contributed by atoms with Gasteiger partial charge in [0, 0.05) is 25.4 Å². The van der Waals surface area contributed by atoms with Gasteiger partial charge >= 0.3 is 12.0 Å². The first-order valence-electron chi connectivity index (χ1n) is 5.88. The topological polar surface area (TPSA) is 116 Å². The Morgan fingerprint density at radius 2 is 2.16 bits per heavy atom. The first kappa shape index (κ1) is 15.0. The Bertz CT molecular complexity index is 458. The SMILES string of the molecule is CCc1nn(C)cc1CNC(=O)NC[C@H](O)C(=O)O. The standard InChI is InChI=1S/C11H18N4O4/c1-3-8-7(6-15(2)14-8)4-12-11(19)13-5-9(16)10(17)18/h6,9,16H,3-5H2,1-2H3,(H,17,18)(H2,12,13,19)/t9-/m0/s1. The molecule has 0 aromatic carbocycles. The third kappa shape index (κ3) is 4.59. The number of carbonyl (C=O) groups is 2. The average Bonchev–Trinajstić information content (AvgIpc) is 2.73. The average molecular weight is 270 g/mol.